The van der Waals surface area contributed by atoms with Crippen LogP contribution in [0.15, 0.2) is 11.0 Å². The summed E-state index contributed by atoms with van der Waals surface area (Å²) >= 11 is 12.1. The summed E-state index contributed by atoms with van der Waals surface area (Å²) in [6.45, 7) is 3.24. The smallest absolute Gasteiger partial charge is 0.336 e. The van der Waals surface area contributed by atoms with E-state index >= 15 is 0 Å². The highest BCUT2D eigenvalue weighted by Crippen LogP contribution is 2.34. The highest BCUT2D eigenvalue weighted by Gasteiger charge is 2.25. The Hall–Kier alpha value is -1.51. The van der Waals surface area contributed by atoms with Crippen LogP contribution in [0, 0.1) is 13.8 Å². The number of H-pyrrole nitrogens is 1. The van der Waals surface area contributed by atoms with Gasteiger partial charge < -0.3 is 4.74 Å². The molecule has 0 radical (unpaired) electrons. The van der Waals surface area contributed by atoms with E-state index in [-0.39, 0.29) is 21.9 Å². The maximum absolute atomic E-state index is 12.5. The van der Waals surface area contributed by atoms with Crippen LogP contribution in [-0.4, -0.2) is 30.7 Å². The van der Waals surface area contributed by atoms with Gasteiger partial charge in [0.25, 0.3) is 10.0 Å². The number of anilines is 1. The number of aromatic amines is 1. The van der Waals surface area contributed by atoms with Gasteiger partial charge in [-0.25, -0.2) is 18.2 Å². The molecule has 7 nitrogen and oxygen atoms in total. The lowest BCUT2D eigenvalue weighted by atomic mass is 10.2. The van der Waals surface area contributed by atoms with E-state index in [2.05, 4.69) is 19.9 Å². The molecule has 114 valence electrons. The van der Waals surface area contributed by atoms with Gasteiger partial charge in [0.15, 0.2) is 0 Å². The van der Waals surface area contributed by atoms with Crippen LogP contribution in [0.4, 0.5) is 5.95 Å². The second-order valence-electron chi connectivity index (χ2n) is 4.22. The molecule has 0 saturated carbocycles. The van der Waals surface area contributed by atoms with Gasteiger partial charge in [-0.2, -0.15) is 4.98 Å². The zero-order valence-electron chi connectivity index (χ0n) is 11.4. The lowest BCUT2D eigenvalue weighted by Gasteiger charge is -2.13. The summed E-state index contributed by atoms with van der Waals surface area (Å²) in [4.78, 5) is 3.70. The third kappa shape index (κ3) is 3.07. The Morgan fingerprint density at radius 1 is 1.33 bits per heavy atom. The second kappa shape index (κ2) is 5.70. The molecule has 0 bridgehead atoms. The van der Waals surface area contributed by atoms with Crippen LogP contribution in [0.3, 0.4) is 0 Å². The Labute approximate surface area is 131 Å². The number of benzene rings is 1. The summed E-state index contributed by atoms with van der Waals surface area (Å²) in [5.74, 6) is -0.0834. The van der Waals surface area contributed by atoms with E-state index in [1.165, 1.54) is 7.11 Å². The van der Waals surface area contributed by atoms with Gasteiger partial charge in [-0.05, 0) is 31.0 Å². The fourth-order valence-electron chi connectivity index (χ4n) is 1.70. The molecule has 0 atom stereocenters. The number of nitrogens with one attached hydrogen (secondary N) is 2. The number of sulfonamides is 1. The van der Waals surface area contributed by atoms with Gasteiger partial charge in [-0.15, -0.1) is 5.10 Å². The number of hydrogen-bond donors (Lipinski definition) is 2. The number of halogens is 2. The van der Waals surface area contributed by atoms with E-state index in [4.69, 9.17) is 27.9 Å². The van der Waals surface area contributed by atoms with Gasteiger partial charge in [0.05, 0.1) is 12.1 Å². The molecule has 0 aliphatic carbocycles. The first-order chi connectivity index (χ1) is 9.76. The summed E-state index contributed by atoms with van der Waals surface area (Å²) in [5.41, 5.74) is 0.911. The Kier molecular flexibility index (Phi) is 4.31. The van der Waals surface area contributed by atoms with Crippen LogP contribution in [0.25, 0.3) is 0 Å². The van der Waals surface area contributed by atoms with Gasteiger partial charge >= 0.3 is 6.01 Å². The predicted octanol–water partition coefficient (Wildman–Crippen LogP) is 2.54. The van der Waals surface area contributed by atoms with E-state index in [1.807, 2.05) is 0 Å². The molecule has 1 aromatic carbocycles. The second-order valence-corrected chi connectivity index (χ2v) is 6.62. The predicted molar refractivity (Wildman–Crippen MR) is 79.7 cm³/mol. The van der Waals surface area contributed by atoms with E-state index in [0.29, 0.717) is 16.1 Å². The van der Waals surface area contributed by atoms with Crippen LogP contribution >= 0.6 is 23.2 Å². The molecule has 1 aromatic heterocycles. The first kappa shape index (κ1) is 15.9. The van der Waals surface area contributed by atoms with Crippen molar-refractivity contribution in [3.8, 4) is 6.01 Å². The molecular weight excluding hydrogens is 339 g/mol. The Morgan fingerprint density at radius 2 is 2.00 bits per heavy atom. The number of ether oxygens (including phenoxy) is 1. The summed E-state index contributed by atoms with van der Waals surface area (Å²) in [7, 11) is -2.61. The van der Waals surface area contributed by atoms with Crippen LogP contribution < -0.4 is 9.46 Å². The normalized spacial score (nSPS) is 11.5. The molecule has 21 heavy (non-hydrogen) atoms. The van der Waals surface area contributed by atoms with Crippen molar-refractivity contribution in [3.05, 3.63) is 27.2 Å². The van der Waals surface area contributed by atoms with Crippen molar-refractivity contribution in [2.45, 2.75) is 18.7 Å². The van der Waals surface area contributed by atoms with Gasteiger partial charge in [-0.1, -0.05) is 23.2 Å². The number of hydrogen-bond acceptors (Lipinski definition) is 5. The van der Waals surface area contributed by atoms with Crippen LogP contribution in [-0.2, 0) is 10.0 Å². The van der Waals surface area contributed by atoms with Gasteiger partial charge in [0.2, 0.25) is 5.95 Å². The number of rotatable bonds is 4. The first-order valence-corrected chi connectivity index (χ1v) is 7.94. The summed E-state index contributed by atoms with van der Waals surface area (Å²) in [6.07, 6.45) is 0. The fraction of sp³-hybridized carbons (Fsp3) is 0.273. The highest BCUT2D eigenvalue weighted by molar-refractivity contribution is 7.92. The number of methoxy groups -OCH3 is 1. The molecule has 1 heterocycles. The lowest BCUT2D eigenvalue weighted by molar-refractivity contribution is 0.382. The molecule has 0 saturated heterocycles. The van der Waals surface area contributed by atoms with E-state index in [0.717, 1.165) is 0 Å². The monoisotopic (exact) mass is 350 g/mol. The van der Waals surface area contributed by atoms with Crippen molar-refractivity contribution < 1.29 is 13.2 Å². The molecule has 0 amide bonds. The van der Waals surface area contributed by atoms with Crippen molar-refractivity contribution >= 4 is 39.2 Å². The molecule has 0 aliphatic heterocycles. The topological polar surface area (TPSA) is 97.0 Å². The fourth-order valence-corrected chi connectivity index (χ4v) is 3.87. The molecule has 2 rings (SSSR count). The standard InChI is InChI=1S/C11H12Cl2N4O3S/c1-5-4-7(12)6(2)9(8(5)13)21(18,19)17-10-14-11(20-3)16-15-10/h4H,1-3H3,(H2,14,15,16,17). The third-order valence-electron chi connectivity index (χ3n) is 2.73. The zero-order valence-corrected chi connectivity index (χ0v) is 13.7. The molecule has 10 heteroatoms. The van der Waals surface area contributed by atoms with Crippen molar-refractivity contribution in [2.75, 3.05) is 11.8 Å². The minimum Gasteiger partial charge on any atom is -0.466 e. The first-order valence-electron chi connectivity index (χ1n) is 5.70. The number of aryl methyl sites for hydroxylation is 1. The molecule has 2 N–H and O–H groups in total. The SMILES string of the molecule is COc1n[nH]c(NS(=O)(=O)c2c(C)c(Cl)cc(C)c2Cl)n1. The Morgan fingerprint density at radius 3 is 2.57 bits per heavy atom. The third-order valence-corrected chi connectivity index (χ3v) is 5.24. The summed E-state index contributed by atoms with van der Waals surface area (Å²) < 4.78 is 31.9. The van der Waals surface area contributed by atoms with Crippen molar-refractivity contribution in [1.29, 1.82) is 0 Å². The van der Waals surface area contributed by atoms with Gasteiger partial charge in [-0.3, -0.25) is 0 Å². The zero-order chi connectivity index (χ0) is 15.8. The molecular formula is C11H12Cl2N4O3S. The summed E-state index contributed by atoms with van der Waals surface area (Å²) in [6, 6.07) is 1.62. The highest BCUT2D eigenvalue weighted by atomic mass is 35.5. The van der Waals surface area contributed by atoms with Crippen LogP contribution in [0.5, 0.6) is 6.01 Å². The maximum Gasteiger partial charge on any atom is 0.336 e. The average molecular weight is 351 g/mol. The minimum atomic E-state index is -3.97. The lowest BCUT2D eigenvalue weighted by Crippen LogP contribution is -2.16. The van der Waals surface area contributed by atoms with E-state index in [1.54, 1.807) is 19.9 Å². The maximum atomic E-state index is 12.5. The van der Waals surface area contributed by atoms with Crippen molar-refractivity contribution in [2.24, 2.45) is 0 Å². The van der Waals surface area contributed by atoms with Gasteiger partial charge in [0, 0.05) is 5.02 Å². The van der Waals surface area contributed by atoms with E-state index in [9.17, 15) is 8.42 Å². The minimum absolute atomic E-state index is 0.0118. The number of aromatic nitrogens is 3. The van der Waals surface area contributed by atoms with Crippen LogP contribution in [0.1, 0.15) is 11.1 Å². The average Bonchev–Trinajstić information content (AvgIpc) is 2.83. The Bertz CT molecular complexity index is 763. The van der Waals surface area contributed by atoms with Crippen LogP contribution in [0.2, 0.25) is 10.0 Å². The molecule has 0 spiro atoms. The molecule has 0 unspecified atom stereocenters. The quantitative estimate of drug-likeness (QED) is 0.882. The molecule has 0 aliphatic rings. The summed E-state index contributed by atoms with van der Waals surface area (Å²) in [5, 5.41) is 6.47. The Balaban J connectivity index is 2.49. The molecule has 2 aromatic rings. The van der Waals surface area contributed by atoms with Crippen molar-refractivity contribution in [1.82, 2.24) is 15.2 Å². The largest absolute Gasteiger partial charge is 0.466 e. The van der Waals surface area contributed by atoms with Crippen molar-refractivity contribution in [3.63, 3.8) is 0 Å². The van der Waals surface area contributed by atoms with Gasteiger partial charge in [0.1, 0.15) is 4.90 Å². The molecule has 0 fully saturated rings. The van der Waals surface area contributed by atoms with E-state index < -0.39 is 10.0 Å². The number of nitrogens with zero attached hydrogens (tertiary/aromatic N) is 2.